The Bertz CT molecular complexity index is 501. The molecule has 6 heteroatoms. The zero-order valence-corrected chi connectivity index (χ0v) is 11.9. The molecule has 0 aliphatic heterocycles. The Morgan fingerprint density at radius 3 is 2.47 bits per heavy atom. The first-order valence-corrected chi connectivity index (χ1v) is 7.69. The average Bonchev–Trinajstić information content (AvgIpc) is 2.25. The molecule has 0 unspecified atom stereocenters. The molecule has 1 aromatic rings. The second-order valence-corrected chi connectivity index (χ2v) is 7.48. The monoisotopic (exact) mass is 296 g/mol. The number of sulfone groups is 1. The standard InChI is InChI=1S/C11H14Cl2O3S/c1-3-11(13,17(2,15)16)10(14)8-5-4-6-9(12)7-8/h4-7,10,14H,3H2,1-2H3/t10-,11+/m1/s1. The molecule has 17 heavy (non-hydrogen) atoms. The Morgan fingerprint density at radius 1 is 1.47 bits per heavy atom. The molecule has 1 aromatic carbocycles. The van der Waals surface area contributed by atoms with Crippen LogP contribution in [0, 0.1) is 0 Å². The molecule has 0 fully saturated rings. The lowest BCUT2D eigenvalue weighted by molar-refractivity contribution is 0.155. The Labute approximate surface area is 111 Å². The van der Waals surface area contributed by atoms with Gasteiger partial charge in [-0.15, -0.1) is 0 Å². The second-order valence-electron chi connectivity index (χ2n) is 3.87. The molecule has 0 amide bonds. The minimum Gasteiger partial charge on any atom is -0.385 e. The molecule has 0 spiro atoms. The van der Waals surface area contributed by atoms with E-state index in [2.05, 4.69) is 0 Å². The summed E-state index contributed by atoms with van der Waals surface area (Å²) in [4.78, 5) is 0. The zero-order valence-electron chi connectivity index (χ0n) is 9.52. The van der Waals surface area contributed by atoms with Gasteiger partial charge in [-0.05, 0) is 24.1 Å². The van der Waals surface area contributed by atoms with Crippen LogP contribution < -0.4 is 0 Å². The van der Waals surface area contributed by atoms with Crippen LogP contribution in [0.25, 0.3) is 0 Å². The third-order valence-electron chi connectivity index (χ3n) is 2.67. The van der Waals surface area contributed by atoms with Crippen LogP contribution in [0.5, 0.6) is 0 Å². The van der Waals surface area contributed by atoms with Crippen molar-refractivity contribution in [1.29, 1.82) is 0 Å². The summed E-state index contributed by atoms with van der Waals surface area (Å²) in [6, 6.07) is 6.37. The topological polar surface area (TPSA) is 54.4 Å². The van der Waals surface area contributed by atoms with Gasteiger partial charge in [0.2, 0.25) is 0 Å². The predicted octanol–water partition coefficient (Wildman–Crippen LogP) is 2.76. The maximum Gasteiger partial charge on any atom is 0.174 e. The van der Waals surface area contributed by atoms with Crippen LogP contribution in [0.15, 0.2) is 24.3 Å². The van der Waals surface area contributed by atoms with E-state index in [0.717, 1.165) is 6.26 Å². The lowest BCUT2D eigenvalue weighted by Crippen LogP contribution is -2.37. The van der Waals surface area contributed by atoms with Crippen molar-refractivity contribution in [2.75, 3.05) is 6.26 Å². The molecular weight excluding hydrogens is 283 g/mol. The molecular formula is C11H14Cl2O3S. The van der Waals surface area contributed by atoms with Gasteiger partial charge in [0.05, 0.1) is 0 Å². The van der Waals surface area contributed by atoms with Crippen LogP contribution in [0.3, 0.4) is 0 Å². The van der Waals surface area contributed by atoms with Crippen molar-refractivity contribution in [2.24, 2.45) is 0 Å². The SMILES string of the molecule is CC[C@@](Cl)([C@H](O)c1cccc(Cl)c1)S(C)(=O)=O. The number of aliphatic hydroxyl groups is 1. The molecule has 0 aromatic heterocycles. The summed E-state index contributed by atoms with van der Waals surface area (Å²) in [6.07, 6.45) is -0.207. The van der Waals surface area contributed by atoms with Crippen molar-refractivity contribution in [3.8, 4) is 0 Å². The summed E-state index contributed by atoms with van der Waals surface area (Å²) in [5.41, 5.74) is 0.389. The van der Waals surface area contributed by atoms with Crippen molar-refractivity contribution in [3.05, 3.63) is 34.9 Å². The van der Waals surface area contributed by atoms with Crippen LogP contribution in [0.2, 0.25) is 5.02 Å². The molecule has 0 saturated heterocycles. The first-order valence-electron chi connectivity index (χ1n) is 5.04. The molecule has 0 saturated carbocycles. The van der Waals surface area contributed by atoms with Crippen LogP contribution >= 0.6 is 23.2 Å². The molecule has 0 radical (unpaired) electrons. The molecule has 2 atom stereocenters. The van der Waals surface area contributed by atoms with E-state index in [4.69, 9.17) is 23.2 Å². The van der Waals surface area contributed by atoms with E-state index in [0.29, 0.717) is 10.6 Å². The van der Waals surface area contributed by atoms with Gasteiger partial charge in [0.1, 0.15) is 6.10 Å². The van der Waals surface area contributed by atoms with Gasteiger partial charge in [0.15, 0.2) is 14.0 Å². The first-order chi connectivity index (χ1) is 7.72. The summed E-state index contributed by atoms with van der Waals surface area (Å²) in [7, 11) is -3.60. The number of rotatable bonds is 4. The molecule has 3 nitrogen and oxygen atoms in total. The Morgan fingerprint density at radius 2 is 2.06 bits per heavy atom. The Balaban J connectivity index is 3.24. The summed E-state index contributed by atoms with van der Waals surface area (Å²) < 4.78 is 21.6. The fourth-order valence-electron chi connectivity index (χ4n) is 1.58. The van der Waals surface area contributed by atoms with Crippen LogP contribution in [-0.4, -0.2) is 24.0 Å². The molecule has 96 valence electrons. The van der Waals surface area contributed by atoms with Gasteiger partial charge >= 0.3 is 0 Å². The molecule has 0 aliphatic carbocycles. The maximum atomic E-state index is 11.7. The van der Waals surface area contributed by atoms with Crippen LogP contribution in [-0.2, 0) is 9.84 Å². The van der Waals surface area contributed by atoms with E-state index in [-0.39, 0.29) is 6.42 Å². The number of hydrogen-bond donors (Lipinski definition) is 1. The summed E-state index contributed by atoms with van der Waals surface area (Å²) in [6.45, 7) is 1.61. The van der Waals surface area contributed by atoms with Crippen molar-refractivity contribution in [3.63, 3.8) is 0 Å². The minimum atomic E-state index is -3.60. The lowest BCUT2D eigenvalue weighted by Gasteiger charge is -2.29. The van der Waals surface area contributed by atoms with Gasteiger partial charge < -0.3 is 5.11 Å². The largest absolute Gasteiger partial charge is 0.385 e. The normalized spacial score (nSPS) is 17.5. The smallest absolute Gasteiger partial charge is 0.174 e. The highest BCUT2D eigenvalue weighted by atomic mass is 35.5. The predicted molar refractivity (Wildman–Crippen MR) is 70.1 cm³/mol. The molecule has 0 bridgehead atoms. The highest BCUT2D eigenvalue weighted by Gasteiger charge is 2.44. The van der Waals surface area contributed by atoms with Crippen molar-refractivity contribution in [2.45, 2.75) is 23.7 Å². The van der Waals surface area contributed by atoms with E-state index < -0.39 is 20.1 Å². The van der Waals surface area contributed by atoms with Crippen LogP contribution in [0.4, 0.5) is 0 Å². The fraction of sp³-hybridized carbons (Fsp3) is 0.455. The highest BCUT2D eigenvalue weighted by molar-refractivity contribution is 7.93. The van der Waals surface area contributed by atoms with E-state index in [9.17, 15) is 13.5 Å². The summed E-state index contributed by atoms with van der Waals surface area (Å²) in [5, 5.41) is 10.6. The Hall–Kier alpha value is -0.290. The van der Waals surface area contributed by atoms with E-state index in [1.54, 1.807) is 25.1 Å². The number of halogens is 2. The van der Waals surface area contributed by atoms with E-state index >= 15 is 0 Å². The molecule has 0 heterocycles. The van der Waals surface area contributed by atoms with Gasteiger partial charge in [-0.1, -0.05) is 42.3 Å². The summed E-state index contributed by atoms with van der Waals surface area (Å²) in [5.74, 6) is 0. The number of benzene rings is 1. The quantitative estimate of drug-likeness (QED) is 0.869. The number of alkyl halides is 1. The van der Waals surface area contributed by atoms with Crippen molar-refractivity contribution >= 4 is 33.0 Å². The minimum absolute atomic E-state index is 0.0983. The van der Waals surface area contributed by atoms with Crippen molar-refractivity contribution < 1.29 is 13.5 Å². The first kappa shape index (κ1) is 14.8. The Kier molecular flexibility index (Phi) is 4.47. The van der Waals surface area contributed by atoms with Gasteiger partial charge in [-0.3, -0.25) is 0 Å². The molecule has 1 N–H and O–H groups in total. The lowest BCUT2D eigenvalue weighted by atomic mass is 10.0. The molecule has 1 rings (SSSR count). The van der Waals surface area contributed by atoms with E-state index in [1.165, 1.54) is 6.07 Å². The van der Waals surface area contributed by atoms with Gasteiger partial charge in [-0.2, -0.15) is 0 Å². The van der Waals surface area contributed by atoms with Gasteiger partial charge in [0, 0.05) is 11.3 Å². The summed E-state index contributed by atoms with van der Waals surface area (Å²) >= 11 is 11.8. The number of aliphatic hydroxyl groups excluding tert-OH is 1. The highest BCUT2D eigenvalue weighted by Crippen LogP contribution is 2.39. The third kappa shape index (κ3) is 2.94. The van der Waals surface area contributed by atoms with Gasteiger partial charge in [-0.25, -0.2) is 8.42 Å². The number of hydrogen-bond acceptors (Lipinski definition) is 3. The fourth-order valence-corrected chi connectivity index (χ4v) is 2.97. The van der Waals surface area contributed by atoms with Crippen LogP contribution in [0.1, 0.15) is 25.0 Å². The maximum absolute atomic E-state index is 11.7. The third-order valence-corrected chi connectivity index (χ3v) is 5.97. The zero-order chi connectivity index (χ0) is 13.3. The second kappa shape index (κ2) is 5.14. The average molecular weight is 297 g/mol. The van der Waals surface area contributed by atoms with Crippen molar-refractivity contribution in [1.82, 2.24) is 0 Å². The van der Waals surface area contributed by atoms with Gasteiger partial charge in [0.25, 0.3) is 0 Å². The molecule has 0 aliphatic rings. The van der Waals surface area contributed by atoms with E-state index in [1.807, 2.05) is 0 Å².